The smallest absolute Gasteiger partial charge is 0.0367 e. The van der Waals surface area contributed by atoms with Gasteiger partial charge in [-0.2, -0.15) is 0 Å². The van der Waals surface area contributed by atoms with E-state index in [1.54, 1.807) is 0 Å². The third-order valence-corrected chi connectivity index (χ3v) is 3.04. The predicted octanol–water partition coefficient (Wildman–Crippen LogP) is 3.50. The van der Waals surface area contributed by atoms with Crippen molar-refractivity contribution in [3.63, 3.8) is 0 Å². The number of nitrogens with one attached hydrogen (secondary N) is 1. The van der Waals surface area contributed by atoms with Crippen LogP contribution in [0.25, 0.3) is 0 Å². The molecule has 1 heterocycles. The number of rotatable bonds is 3. The maximum absolute atomic E-state index is 3.42. The van der Waals surface area contributed by atoms with E-state index >= 15 is 0 Å². The Kier molecular flexibility index (Phi) is 3.70. The summed E-state index contributed by atoms with van der Waals surface area (Å²) in [6.45, 7) is 6.77. The summed E-state index contributed by atoms with van der Waals surface area (Å²) in [6, 6.07) is 9.33. The lowest BCUT2D eigenvalue weighted by Gasteiger charge is -2.29. The molecular formula is C14H22N2. The maximum Gasteiger partial charge on any atom is 0.0367 e. The largest absolute Gasteiger partial charge is 0.383 e. The van der Waals surface area contributed by atoms with Gasteiger partial charge in [-0.05, 0) is 57.4 Å². The second-order valence-electron chi connectivity index (χ2n) is 4.89. The fourth-order valence-corrected chi connectivity index (χ4v) is 2.25. The van der Waals surface area contributed by atoms with Crippen LogP contribution in [-0.2, 0) is 0 Å². The van der Waals surface area contributed by atoms with Gasteiger partial charge in [-0.3, -0.25) is 0 Å². The van der Waals surface area contributed by atoms with Crippen LogP contribution in [0.1, 0.15) is 33.1 Å². The van der Waals surface area contributed by atoms with Crippen LogP contribution in [0.4, 0.5) is 11.4 Å². The number of hydrogen-bond acceptors (Lipinski definition) is 2. The van der Waals surface area contributed by atoms with Crippen LogP contribution in [0.2, 0.25) is 0 Å². The van der Waals surface area contributed by atoms with Crippen molar-refractivity contribution in [1.29, 1.82) is 0 Å². The minimum atomic E-state index is 0.501. The Morgan fingerprint density at radius 3 is 2.19 bits per heavy atom. The van der Waals surface area contributed by atoms with E-state index in [1.807, 2.05) is 0 Å². The standard InChI is InChI=1S/C14H22N2/c1-12(2)15-13-6-8-14(9-7-13)16-10-4-3-5-11-16/h6-9,12,15H,3-5,10-11H2,1-2H3. The van der Waals surface area contributed by atoms with E-state index in [1.165, 1.54) is 43.7 Å². The zero-order chi connectivity index (χ0) is 11.4. The molecular weight excluding hydrogens is 196 g/mol. The highest BCUT2D eigenvalue weighted by molar-refractivity contribution is 5.55. The van der Waals surface area contributed by atoms with Crippen molar-refractivity contribution in [3.8, 4) is 0 Å². The van der Waals surface area contributed by atoms with E-state index in [0.717, 1.165) is 0 Å². The molecule has 0 bridgehead atoms. The van der Waals surface area contributed by atoms with Gasteiger partial charge in [-0.15, -0.1) is 0 Å². The van der Waals surface area contributed by atoms with E-state index in [9.17, 15) is 0 Å². The fourth-order valence-electron chi connectivity index (χ4n) is 2.25. The molecule has 0 atom stereocenters. The number of anilines is 2. The molecule has 1 aromatic carbocycles. The highest BCUT2D eigenvalue weighted by Gasteiger charge is 2.10. The van der Waals surface area contributed by atoms with Crippen LogP contribution in [0.5, 0.6) is 0 Å². The van der Waals surface area contributed by atoms with Crippen molar-refractivity contribution in [2.24, 2.45) is 0 Å². The Morgan fingerprint density at radius 2 is 1.62 bits per heavy atom. The molecule has 0 amide bonds. The molecule has 1 fully saturated rings. The fraction of sp³-hybridized carbons (Fsp3) is 0.571. The molecule has 0 saturated carbocycles. The summed E-state index contributed by atoms with van der Waals surface area (Å²) in [7, 11) is 0. The maximum atomic E-state index is 3.42. The molecule has 1 aliphatic rings. The highest BCUT2D eigenvalue weighted by atomic mass is 15.1. The van der Waals surface area contributed by atoms with Crippen molar-refractivity contribution in [2.45, 2.75) is 39.2 Å². The van der Waals surface area contributed by atoms with Crippen LogP contribution in [0.3, 0.4) is 0 Å². The summed E-state index contributed by atoms with van der Waals surface area (Å²) in [6.07, 6.45) is 4.07. The Hall–Kier alpha value is -1.18. The summed E-state index contributed by atoms with van der Waals surface area (Å²) in [5.74, 6) is 0. The second kappa shape index (κ2) is 5.24. The van der Waals surface area contributed by atoms with Crippen molar-refractivity contribution < 1.29 is 0 Å². The number of hydrogen-bond donors (Lipinski definition) is 1. The van der Waals surface area contributed by atoms with E-state index in [4.69, 9.17) is 0 Å². The topological polar surface area (TPSA) is 15.3 Å². The number of piperidine rings is 1. The van der Waals surface area contributed by atoms with E-state index in [0.29, 0.717) is 6.04 Å². The first-order valence-electron chi connectivity index (χ1n) is 6.37. The van der Waals surface area contributed by atoms with Gasteiger partial charge in [0, 0.05) is 30.5 Å². The van der Waals surface area contributed by atoms with Gasteiger partial charge in [0.25, 0.3) is 0 Å². The Labute approximate surface area is 98.7 Å². The lowest BCUT2D eigenvalue weighted by Crippen LogP contribution is -2.29. The third-order valence-electron chi connectivity index (χ3n) is 3.04. The summed E-state index contributed by atoms with van der Waals surface area (Å²) >= 11 is 0. The minimum Gasteiger partial charge on any atom is -0.383 e. The molecule has 0 aliphatic carbocycles. The summed E-state index contributed by atoms with van der Waals surface area (Å²) < 4.78 is 0. The first-order chi connectivity index (χ1) is 7.75. The van der Waals surface area contributed by atoms with Crippen molar-refractivity contribution >= 4 is 11.4 Å². The summed E-state index contributed by atoms with van der Waals surface area (Å²) in [5.41, 5.74) is 2.59. The molecule has 0 unspecified atom stereocenters. The predicted molar refractivity (Wildman–Crippen MR) is 71.3 cm³/mol. The van der Waals surface area contributed by atoms with E-state index in [-0.39, 0.29) is 0 Å². The SMILES string of the molecule is CC(C)Nc1ccc(N2CCCCC2)cc1. The van der Waals surface area contributed by atoms with Gasteiger partial charge in [0.15, 0.2) is 0 Å². The Morgan fingerprint density at radius 1 is 1.00 bits per heavy atom. The first-order valence-corrected chi connectivity index (χ1v) is 6.37. The molecule has 1 saturated heterocycles. The van der Waals surface area contributed by atoms with Crippen LogP contribution in [0.15, 0.2) is 24.3 Å². The van der Waals surface area contributed by atoms with Crippen LogP contribution in [0, 0.1) is 0 Å². The highest BCUT2D eigenvalue weighted by Crippen LogP contribution is 2.21. The minimum absolute atomic E-state index is 0.501. The molecule has 2 heteroatoms. The molecule has 0 aromatic heterocycles. The Balaban J connectivity index is 2.00. The van der Waals surface area contributed by atoms with Gasteiger partial charge in [0.05, 0.1) is 0 Å². The first kappa shape index (κ1) is 11.3. The third kappa shape index (κ3) is 2.91. The summed E-state index contributed by atoms with van der Waals surface area (Å²) in [5, 5.41) is 3.42. The van der Waals surface area contributed by atoms with Gasteiger partial charge >= 0.3 is 0 Å². The van der Waals surface area contributed by atoms with Gasteiger partial charge in [-0.25, -0.2) is 0 Å². The van der Waals surface area contributed by atoms with Crippen molar-refractivity contribution in [2.75, 3.05) is 23.3 Å². The molecule has 2 rings (SSSR count). The molecule has 1 aromatic rings. The molecule has 1 aliphatic heterocycles. The zero-order valence-electron chi connectivity index (χ0n) is 10.4. The second-order valence-corrected chi connectivity index (χ2v) is 4.89. The van der Waals surface area contributed by atoms with E-state index < -0.39 is 0 Å². The zero-order valence-corrected chi connectivity index (χ0v) is 10.4. The normalized spacial score (nSPS) is 16.6. The van der Waals surface area contributed by atoms with Gasteiger partial charge in [-0.1, -0.05) is 0 Å². The molecule has 0 radical (unpaired) electrons. The average molecular weight is 218 g/mol. The Bertz CT molecular complexity index is 310. The van der Waals surface area contributed by atoms with Crippen molar-refractivity contribution in [1.82, 2.24) is 0 Å². The van der Waals surface area contributed by atoms with E-state index in [2.05, 4.69) is 48.3 Å². The lowest BCUT2D eigenvalue weighted by atomic mass is 10.1. The lowest BCUT2D eigenvalue weighted by molar-refractivity contribution is 0.578. The van der Waals surface area contributed by atoms with Gasteiger partial charge in [0.2, 0.25) is 0 Å². The van der Waals surface area contributed by atoms with Crippen LogP contribution >= 0.6 is 0 Å². The van der Waals surface area contributed by atoms with Crippen LogP contribution in [-0.4, -0.2) is 19.1 Å². The van der Waals surface area contributed by atoms with Crippen LogP contribution < -0.4 is 10.2 Å². The molecule has 16 heavy (non-hydrogen) atoms. The number of benzene rings is 1. The molecule has 1 N–H and O–H groups in total. The molecule has 0 spiro atoms. The van der Waals surface area contributed by atoms with Gasteiger partial charge in [0.1, 0.15) is 0 Å². The molecule has 2 nitrogen and oxygen atoms in total. The monoisotopic (exact) mass is 218 g/mol. The van der Waals surface area contributed by atoms with Crippen molar-refractivity contribution in [3.05, 3.63) is 24.3 Å². The van der Waals surface area contributed by atoms with Gasteiger partial charge < -0.3 is 10.2 Å². The summed E-state index contributed by atoms with van der Waals surface area (Å²) in [4.78, 5) is 2.49. The quantitative estimate of drug-likeness (QED) is 0.835. The average Bonchev–Trinajstić information content (AvgIpc) is 2.30. The molecule has 88 valence electrons. The number of nitrogens with zero attached hydrogens (tertiary/aromatic N) is 1.